The van der Waals surface area contributed by atoms with Gasteiger partial charge in [-0.3, -0.25) is 4.79 Å². The molecule has 0 unspecified atom stereocenters. The number of benzene rings is 8. The molecule has 0 saturated carbocycles. The van der Waals surface area contributed by atoms with Gasteiger partial charge in [0.05, 0.1) is 11.0 Å². The molecule has 10 rings (SSSR count). The van der Waals surface area contributed by atoms with Gasteiger partial charge in [-0.25, -0.2) is 0 Å². The Bertz CT molecular complexity index is 3380. The average Bonchev–Trinajstić information content (AvgIpc) is 3.53. The summed E-state index contributed by atoms with van der Waals surface area (Å²) in [5, 5.41) is 14.2. The Morgan fingerprint density at radius 1 is 0.471 bits per heavy atom. The number of aromatic amines is 1. The maximum Gasteiger partial charge on any atom is 0.194 e. The number of nitrogens with two attached hydrogens (primary N) is 1. The molecule has 3 N–H and O–H groups in total. The third kappa shape index (κ3) is 3.59. The molecule has 0 aliphatic heterocycles. The highest BCUT2D eigenvalue weighted by Gasteiger charge is 2.29. The molecule has 0 atom stereocenters. The van der Waals surface area contributed by atoms with Gasteiger partial charge in [0.25, 0.3) is 0 Å². The fourth-order valence-corrected chi connectivity index (χ4v) is 8.93. The van der Waals surface area contributed by atoms with E-state index < -0.39 is 0 Å². The molecule has 0 spiro atoms. The second kappa shape index (κ2) is 9.93. The maximum absolute atomic E-state index is 13.8. The van der Waals surface area contributed by atoms with Gasteiger partial charge in [0.2, 0.25) is 0 Å². The number of hydrogen-bond donors (Lipinski definition) is 2. The molecule has 0 amide bonds. The number of aromatic nitrogens is 1. The van der Waals surface area contributed by atoms with Crippen molar-refractivity contribution in [2.45, 2.75) is 6.92 Å². The van der Waals surface area contributed by atoms with Crippen LogP contribution in [0.15, 0.2) is 104 Å². The summed E-state index contributed by atoms with van der Waals surface area (Å²) in [5.41, 5.74) is 16.4. The summed E-state index contributed by atoms with van der Waals surface area (Å²) in [6.45, 7) is 24.7. The van der Waals surface area contributed by atoms with Gasteiger partial charge in [0, 0.05) is 49.3 Å². The molecule has 0 radical (unpaired) electrons. The van der Waals surface area contributed by atoms with Crippen molar-refractivity contribution < 1.29 is 4.79 Å². The van der Waals surface area contributed by atoms with E-state index in [4.69, 9.17) is 5.73 Å². The number of nitrogens with one attached hydrogen (secondary N) is 1. The SMILES string of the molecule is C=C1c2ccccc2C(=O)c2c1ccc(-c1ccc3c(=C)c4c(ccc5c6ccc7c(=C)c8ccccc8c(=C)c7c6[nH]c54)c(=C)c3c1N)c2C. The number of carbonyl (C=O) groups excluding carboxylic acids is 1. The van der Waals surface area contributed by atoms with Crippen LogP contribution >= 0.6 is 0 Å². The Morgan fingerprint density at radius 2 is 0.941 bits per heavy atom. The molecule has 51 heavy (non-hydrogen) atoms. The fourth-order valence-electron chi connectivity index (χ4n) is 8.93. The zero-order chi connectivity index (χ0) is 35.0. The number of nitrogen functional groups attached to an aromatic ring is 1. The number of hydrogen-bond acceptors (Lipinski definition) is 2. The number of anilines is 1. The van der Waals surface area contributed by atoms with Crippen molar-refractivity contribution in [2.75, 3.05) is 5.73 Å². The van der Waals surface area contributed by atoms with E-state index in [9.17, 15) is 4.79 Å². The van der Waals surface area contributed by atoms with Crippen LogP contribution in [0.3, 0.4) is 0 Å². The summed E-state index contributed by atoms with van der Waals surface area (Å²) in [4.78, 5) is 17.7. The summed E-state index contributed by atoms with van der Waals surface area (Å²) in [6.07, 6.45) is 0. The Labute approximate surface area is 293 Å². The minimum Gasteiger partial charge on any atom is -0.398 e. The molecular weight excluding hydrogens is 621 g/mol. The highest BCUT2D eigenvalue weighted by atomic mass is 16.1. The summed E-state index contributed by atoms with van der Waals surface area (Å²) in [6, 6.07) is 32.9. The summed E-state index contributed by atoms with van der Waals surface area (Å²) in [7, 11) is 0. The Hall–Kier alpha value is -6.71. The molecule has 9 aromatic rings. The first kappa shape index (κ1) is 29.2. The third-order valence-corrected chi connectivity index (χ3v) is 11.5. The minimum absolute atomic E-state index is 0.0105. The molecule has 3 nitrogen and oxygen atoms in total. The topological polar surface area (TPSA) is 58.9 Å². The lowest BCUT2D eigenvalue weighted by atomic mass is 9.78. The van der Waals surface area contributed by atoms with Crippen LogP contribution in [0, 0.1) is 6.92 Å². The van der Waals surface area contributed by atoms with Gasteiger partial charge in [-0.1, -0.05) is 130 Å². The maximum atomic E-state index is 13.8. The van der Waals surface area contributed by atoms with Crippen LogP contribution in [0.4, 0.5) is 5.69 Å². The molecule has 1 aromatic heterocycles. The second-order valence-corrected chi connectivity index (χ2v) is 13.9. The highest BCUT2D eigenvalue weighted by Crippen LogP contribution is 2.42. The molecule has 0 fully saturated rings. The van der Waals surface area contributed by atoms with Crippen LogP contribution in [-0.2, 0) is 0 Å². The largest absolute Gasteiger partial charge is 0.398 e. The normalized spacial score (nSPS) is 12.9. The molecule has 240 valence electrons. The number of ketones is 1. The first-order valence-electron chi connectivity index (χ1n) is 17.1. The van der Waals surface area contributed by atoms with Gasteiger partial charge in [-0.05, 0) is 82.6 Å². The minimum atomic E-state index is 0.0105. The molecule has 8 aromatic carbocycles. The van der Waals surface area contributed by atoms with Gasteiger partial charge in [0.1, 0.15) is 0 Å². The van der Waals surface area contributed by atoms with Gasteiger partial charge >= 0.3 is 0 Å². The number of carbonyl (C=O) groups is 1. The predicted octanol–water partition coefficient (Wildman–Crippen LogP) is 8.74. The first-order valence-corrected chi connectivity index (χ1v) is 17.1. The van der Waals surface area contributed by atoms with Gasteiger partial charge < -0.3 is 10.7 Å². The highest BCUT2D eigenvalue weighted by molar-refractivity contribution is 6.25. The van der Waals surface area contributed by atoms with Crippen LogP contribution in [0.25, 0.3) is 108 Å². The monoisotopic (exact) mass is 652 g/mol. The molecule has 1 aliphatic rings. The average molecular weight is 653 g/mol. The van der Waals surface area contributed by atoms with Gasteiger partial charge in [-0.2, -0.15) is 0 Å². The smallest absolute Gasteiger partial charge is 0.194 e. The molecule has 3 heteroatoms. The Kier molecular flexibility index (Phi) is 5.69. The summed E-state index contributed by atoms with van der Waals surface area (Å²) >= 11 is 0. The van der Waals surface area contributed by atoms with Crippen molar-refractivity contribution in [3.8, 4) is 11.1 Å². The standard InChI is InChI=1S/C48H32N2O/c1-23-29-11-7-8-13-31(29)25(3)42-33(23)18-21-38-39-22-19-36-27(5)41-35(28(6)43(36)47(39)50-46(38)42)17-20-37(45(41)49)32-15-16-34-24(2)30-12-9-10-14-40(30)48(51)44(34)26(32)4/h7-22,50H,1-3,5-6,49H2,4H3. The lowest BCUT2D eigenvalue weighted by Crippen LogP contribution is -2.17. The van der Waals surface area contributed by atoms with Crippen molar-refractivity contribution in [3.63, 3.8) is 0 Å². The molecular formula is C48H32N2O. The van der Waals surface area contributed by atoms with E-state index in [0.29, 0.717) is 16.8 Å². The predicted molar refractivity (Wildman–Crippen MR) is 219 cm³/mol. The van der Waals surface area contributed by atoms with Crippen LogP contribution in [0.1, 0.15) is 32.6 Å². The van der Waals surface area contributed by atoms with Gasteiger partial charge in [-0.15, -0.1) is 0 Å². The number of fused-ring (bicyclic) bond motifs is 11. The van der Waals surface area contributed by atoms with E-state index in [2.05, 4.69) is 98.5 Å². The molecule has 1 heterocycles. The zero-order valence-corrected chi connectivity index (χ0v) is 28.3. The van der Waals surface area contributed by atoms with Crippen molar-refractivity contribution in [2.24, 2.45) is 0 Å². The van der Waals surface area contributed by atoms with E-state index in [-0.39, 0.29) is 5.78 Å². The Morgan fingerprint density at radius 3 is 1.63 bits per heavy atom. The fraction of sp³-hybridized carbons (Fsp3) is 0.0208. The molecule has 0 saturated heterocycles. The van der Waals surface area contributed by atoms with E-state index in [1.807, 2.05) is 43.3 Å². The Balaban J connectivity index is 1.23. The van der Waals surface area contributed by atoms with E-state index in [0.717, 1.165) is 119 Å². The van der Waals surface area contributed by atoms with Crippen molar-refractivity contribution in [3.05, 3.63) is 152 Å². The lowest BCUT2D eigenvalue weighted by molar-refractivity contribution is 0.103. The number of H-pyrrole nitrogens is 1. The van der Waals surface area contributed by atoms with Crippen molar-refractivity contribution in [1.29, 1.82) is 0 Å². The van der Waals surface area contributed by atoms with E-state index >= 15 is 0 Å². The van der Waals surface area contributed by atoms with Crippen LogP contribution < -0.4 is 26.6 Å². The van der Waals surface area contributed by atoms with Gasteiger partial charge in [0.15, 0.2) is 5.78 Å². The van der Waals surface area contributed by atoms with Crippen LogP contribution in [0.2, 0.25) is 0 Å². The summed E-state index contributed by atoms with van der Waals surface area (Å²) < 4.78 is 0. The van der Waals surface area contributed by atoms with Crippen LogP contribution in [-0.4, -0.2) is 10.8 Å². The van der Waals surface area contributed by atoms with Crippen molar-refractivity contribution in [1.82, 2.24) is 4.98 Å². The lowest BCUT2D eigenvalue weighted by Gasteiger charge is -2.24. The third-order valence-electron chi connectivity index (χ3n) is 11.5. The van der Waals surface area contributed by atoms with Crippen LogP contribution in [0.5, 0.6) is 0 Å². The van der Waals surface area contributed by atoms with E-state index in [1.165, 1.54) is 0 Å². The molecule has 0 bridgehead atoms. The molecule has 1 aliphatic carbocycles. The quantitative estimate of drug-likeness (QED) is 0.138. The van der Waals surface area contributed by atoms with E-state index in [1.54, 1.807) is 0 Å². The zero-order valence-electron chi connectivity index (χ0n) is 28.3. The second-order valence-electron chi connectivity index (χ2n) is 13.9. The number of rotatable bonds is 1. The summed E-state index contributed by atoms with van der Waals surface area (Å²) in [5.74, 6) is 0.0105. The first-order chi connectivity index (χ1) is 24.7. The van der Waals surface area contributed by atoms with Crippen molar-refractivity contribution >= 4 is 108 Å².